The van der Waals surface area contributed by atoms with Crippen molar-refractivity contribution in [3.8, 4) is 0 Å². The maximum absolute atomic E-state index is 12.9. The van der Waals surface area contributed by atoms with Crippen LogP contribution >= 0.6 is 11.8 Å². The van der Waals surface area contributed by atoms with Gasteiger partial charge in [0.25, 0.3) is 17.5 Å². The smallest absolute Gasteiger partial charge is 0.327 e. The van der Waals surface area contributed by atoms with Crippen LogP contribution < -0.4 is 38.1 Å². The Morgan fingerprint density at radius 3 is 1.94 bits per heavy atom. The zero-order chi connectivity index (χ0) is 62.8. The number of nitro benzene ring substituents is 1. The molecule has 0 aliphatic carbocycles. The molecular weight excluding hydrogens is 1130 g/mol. The van der Waals surface area contributed by atoms with Gasteiger partial charge in [0.05, 0.1) is 22.9 Å². The quantitative estimate of drug-likeness (QED) is 0.0217. The molecule has 0 bridgehead atoms. The number of thioether (sulfide) groups is 1. The summed E-state index contributed by atoms with van der Waals surface area (Å²) in [4.78, 5) is 158. The maximum Gasteiger partial charge on any atom is 0.327 e. The number of primary amides is 1. The van der Waals surface area contributed by atoms with Crippen molar-refractivity contribution in [3.63, 3.8) is 0 Å². The molecule has 0 unspecified atom stereocenters. The van der Waals surface area contributed by atoms with Crippen molar-refractivity contribution in [2.24, 2.45) is 11.5 Å². The Hall–Kier alpha value is -7.79. The topological polar surface area (TPSA) is 431 Å². The number of nitrogens with two attached hydrogens (primary N) is 2. The number of imide groups is 1. The lowest BCUT2D eigenvalue weighted by molar-refractivity contribution is -0.384. The third-order valence-corrected chi connectivity index (χ3v) is 15.8. The fourth-order valence-electron chi connectivity index (χ4n) is 9.96. The van der Waals surface area contributed by atoms with Gasteiger partial charge in [-0.1, -0.05) is 70.4 Å². The lowest BCUT2D eigenvalue weighted by Gasteiger charge is -2.28. The van der Waals surface area contributed by atoms with Crippen LogP contribution in [0.1, 0.15) is 157 Å². The Labute approximate surface area is 496 Å². The van der Waals surface area contributed by atoms with Crippen LogP contribution in [-0.2, 0) is 47.9 Å². The summed E-state index contributed by atoms with van der Waals surface area (Å²) in [6, 6.07) is 1.61. The molecule has 85 heavy (non-hydrogen) atoms. The number of benzene rings is 2. The number of likely N-dealkylation sites (tertiary alicyclic amines) is 1. The molecule has 3 fully saturated rings. The number of nitro groups is 1. The van der Waals surface area contributed by atoms with Crippen molar-refractivity contribution < 1.29 is 77.8 Å². The highest BCUT2D eigenvalue weighted by atomic mass is 32.2. The molecule has 0 radical (unpaired) electrons. The molecule has 468 valence electrons. The van der Waals surface area contributed by atoms with Crippen LogP contribution in [0.4, 0.5) is 5.69 Å². The van der Waals surface area contributed by atoms with E-state index in [1.165, 1.54) is 72.7 Å². The van der Waals surface area contributed by atoms with E-state index in [1.807, 2.05) is 0 Å². The molecule has 6 rings (SSSR count). The van der Waals surface area contributed by atoms with Crippen LogP contribution in [0.2, 0.25) is 0 Å². The second-order valence-corrected chi connectivity index (χ2v) is 22.2. The first-order chi connectivity index (χ1) is 40.5. The summed E-state index contributed by atoms with van der Waals surface area (Å²) < 4.78 is 0. The van der Waals surface area contributed by atoms with E-state index in [9.17, 15) is 77.9 Å². The van der Waals surface area contributed by atoms with Crippen molar-refractivity contribution in [2.45, 2.75) is 172 Å². The largest absolute Gasteiger partial charge is 0.480 e. The molecule has 0 spiro atoms. The van der Waals surface area contributed by atoms with Crippen molar-refractivity contribution in [3.05, 3.63) is 51.6 Å². The molecule has 3 saturated heterocycles. The number of aliphatic carboxylic acids is 3. The number of non-ortho nitro benzene ring substituents is 1. The number of nitrogens with zero attached hydrogens (tertiary/aromatic N) is 4. The summed E-state index contributed by atoms with van der Waals surface area (Å²) >= 11 is 1.42. The van der Waals surface area contributed by atoms with Gasteiger partial charge in [-0.15, -0.1) is 11.8 Å². The number of carboxylic acids is 3. The van der Waals surface area contributed by atoms with Gasteiger partial charge in [-0.3, -0.25) is 58.2 Å². The van der Waals surface area contributed by atoms with E-state index in [-0.39, 0.29) is 73.5 Å². The zero-order valence-corrected chi connectivity index (χ0v) is 49.0. The molecule has 4 aliphatic rings. The highest BCUT2D eigenvalue weighted by Crippen LogP contribution is 2.33. The lowest BCUT2D eigenvalue weighted by Crippen LogP contribution is -2.50. The first-order valence-corrected chi connectivity index (χ1v) is 30.0. The average Bonchev–Trinajstić information content (AvgIpc) is 1.52. The van der Waals surface area contributed by atoms with Crippen LogP contribution in [0, 0.1) is 10.1 Å². The standard InChI is InChI=1S/C29H52N6O9.C18H17N3O4.C9H12N2O4S/c1-3-4-5-6-7-8-9-10-11-15-23(36)32-19(2)27(40)35-22(29(43)44)16-17-24(37)34-21(28(41)42)14-12-13-20(26(31)39)33-25(38)18-30;22-17-14-5-3-4-12-10-13(21(24)25)11-15(16(12)14)18(23)20(17)9-8-19-6-1-2-7-19;12-7-2-1-5(10-7)8(13)11-4-16-3-6(11)9(14)15/h19-22H,3-18,30H2,1-2H3,(H2,31,39)(H,32,36)(H,33,38)(H,34,37)(H,35,40)(H,41,42)(H,43,44);3-5,10-11H,1-2,6-9H2;5-6H,1-4H2,(H,10,12)(H,14,15)/t19-,20-,21-,22+;;5-,6-/m0.0/s1. The minimum Gasteiger partial charge on any atom is -0.480 e. The molecule has 2 aromatic rings. The van der Waals surface area contributed by atoms with Gasteiger partial charge in [0, 0.05) is 61.2 Å². The molecule has 4 aliphatic heterocycles. The van der Waals surface area contributed by atoms with E-state index in [4.69, 9.17) is 16.6 Å². The minimum absolute atomic E-state index is 0.0156. The second-order valence-electron chi connectivity index (χ2n) is 21.2. The monoisotopic (exact) mass is 1210 g/mol. The maximum atomic E-state index is 12.9. The number of amides is 9. The summed E-state index contributed by atoms with van der Waals surface area (Å²) in [6.45, 7) is 6.14. The van der Waals surface area contributed by atoms with Crippen molar-refractivity contribution in [2.75, 3.05) is 44.4 Å². The number of carboxylic acid groups (broad SMARTS) is 3. The van der Waals surface area contributed by atoms with Gasteiger partial charge in [0.2, 0.25) is 41.4 Å². The first kappa shape index (κ1) is 69.7. The molecule has 6 atom stereocenters. The lowest BCUT2D eigenvalue weighted by atomic mass is 9.93. The summed E-state index contributed by atoms with van der Waals surface area (Å²) in [5.74, 6) is -7.35. The van der Waals surface area contributed by atoms with Crippen molar-refractivity contribution in [1.29, 1.82) is 0 Å². The predicted octanol–water partition coefficient (Wildman–Crippen LogP) is 2.12. The molecule has 4 heterocycles. The minimum atomic E-state index is -1.45. The number of unbranched alkanes of at least 4 members (excludes halogenated alkanes) is 8. The summed E-state index contributed by atoms with van der Waals surface area (Å²) in [6.07, 6.45) is 12.5. The van der Waals surface area contributed by atoms with Gasteiger partial charge >= 0.3 is 17.9 Å². The summed E-state index contributed by atoms with van der Waals surface area (Å²) in [7, 11) is 0. The van der Waals surface area contributed by atoms with Gasteiger partial charge < -0.3 is 63.2 Å². The number of hydrogen-bond donors (Lipinski definition) is 10. The predicted molar refractivity (Wildman–Crippen MR) is 310 cm³/mol. The van der Waals surface area contributed by atoms with E-state index < -0.39 is 95.0 Å². The normalized spacial score (nSPS) is 17.7. The van der Waals surface area contributed by atoms with E-state index >= 15 is 0 Å². The van der Waals surface area contributed by atoms with Crippen LogP contribution in [0.3, 0.4) is 0 Å². The molecule has 0 aromatic heterocycles. The zero-order valence-electron chi connectivity index (χ0n) is 48.1. The first-order valence-electron chi connectivity index (χ1n) is 28.8. The van der Waals surface area contributed by atoms with E-state index in [1.54, 1.807) is 18.2 Å². The average molecular weight is 1210 g/mol. The molecule has 28 nitrogen and oxygen atoms in total. The van der Waals surface area contributed by atoms with Gasteiger partial charge in [0.15, 0.2) is 0 Å². The van der Waals surface area contributed by atoms with Gasteiger partial charge in [-0.05, 0) is 82.8 Å². The van der Waals surface area contributed by atoms with Crippen LogP contribution in [0.15, 0.2) is 30.3 Å². The van der Waals surface area contributed by atoms with Gasteiger partial charge in [-0.25, -0.2) is 14.4 Å². The molecule has 0 saturated carbocycles. The van der Waals surface area contributed by atoms with E-state index in [0.29, 0.717) is 60.3 Å². The Bertz CT molecular complexity index is 2740. The van der Waals surface area contributed by atoms with Gasteiger partial charge in [-0.2, -0.15) is 0 Å². The number of carbonyl (C=O) groups excluding carboxylic acids is 9. The number of hydrogen-bond acceptors (Lipinski definition) is 17. The Balaban J connectivity index is 0.000000310. The number of nitrogens with one attached hydrogen (secondary N) is 5. The molecule has 29 heteroatoms. The van der Waals surface area contributed by atoms with Crippen molar-refractivity contribution >= 4 is 99.3 Å². The number of carbonyl (C=O) groups is 12. The van der Waals surface area contributed by atoms with Crippen LogP contribution in [0.25, 0.3) is 10.8 Å². The molecule has 12 N–H and O–H groups in total. The second kappa shape index (κ2) is 35.5. The SMILES string of the molecule is CCCCCCCCCCCC(=O)N[C@@H](C)C(=O)N[C@H](CCC(=O)N[C@@H](CCC[C@H](NC(=O)CN)C(N)=O)C(=O)O)C(=O)O.O=C1CC[C@@H](C(=O)N2CSC[C@H]2C(=O)O)N1.O=C1c2cccc3cc([N+](=O)[O-])cc(c23)C(=O)N1CCN1CCCC1. The Morgan fingerprint density at radius 2 is 1.35 bits per heavy atom. The Kier molecular flexibility index (Phi) is 29.1. The fourth-order valence-corrected chi connectivity index (χ4v) is 11.1. The molecular formula is C56H81N11O17S. The van der Waals surface area contributed by atoms with E-state index in [0.717, 1.165) is 45.2 Å². The van der Waals surface area contributed by atoms with Crippen LogP contribution in [0.5, 0.6) is 0 Å². The number of rotatable bonds is 32. The highest BCUT2D eigenvalue weighted by molar-refractivity contribution is 7.99. The third kappa shape index (κ3) is 22.3. The Morgan fingerprint density at radius 1 is 0.753 bits per heavy atom. The molecule has 9 amide bonds. The third-order valence-electron chi connectivity index (χ3n) is 14.7. The van der Waals surface area contributed by atoms with E-state index in [2.05, 4.69) is 38.4 Å². The summed E-state index contributed by atoms with van der Waals surface area (Å²) in [5, 5.41) is 52.1. The highest BCUT2D eigenvalue weighted by Gasteiger charge is 2.40. The molecule has 2 aromatic carbocycles. The van der Waals surface area contributed by atoms with Crippen LogP contribution in [-0.4, -0.2) is 187 Å². The van der Waals surface area contributed by atoms with Gasteiger partial charge in [0.1, 0.15) is 36.3 Å². The fraction of sp³-hybridized carbons (Fsp3) is 0.607. The van der Waals surface area contributed by atoms with Crippen molar-refractivity contribution in [1.82, 2.24) is 41.3 Å². The summed E-state index contributed by atoms with van der Waals surface area (Å²) in [5.41, 5.74) is 11.0.